The molecule has 2 rings (SSSR count). The molecule has 0 spiro atoms. The Bertz CT molecular complexity index is 358. The van der Waals surface area contributed by atoms with E-state index in [2.05, 4.69) is 10.6 Å². The van der Waals surface area contributed by atoms with Crippen LogP contribution >= 0.6 is 0 Å². The second kappa shape index (κ2) is 5.85. The lowest BCUT2D eigenvalue weighted by molar-refractivity contribution is -0.125. The zero-order valence-electron chi connectivity index (χ0n) is 10.8. The summed E-state index contributed by atoms with van der Waals surface area (Å²) in [4.78, 5) is 22.4. The summed E-state index contributed by atoms with van der Waals surface area (Å²) in [5.74, 6) is -0.417. The van der Waals surface area contributed by atoms with E-state index in [4.69, 9.17) is 4.74 Å². The molecule has 0 aromatic carbocycles. The van der Waals surface area contributed by atoms with E-state index in [1.54, 1.807) is 0 Å². The van der Waals surface area contributed by atoms with Crippen molar-refractivity contribution in [2.45, 2.75) is 56.6 Å². The van der Waals surface area contributed by atoms with E-state index in [1.165, 1.54) is 6.92 Å². The second-order valence-electron chi connectivity index (χ2n) is 5.18. The highest BCUT2D eigenvalue weighted by atomic mass is 16.5. The minimum absolute atomic E-state index is 0.0191. The zero-order valence-corrected chi connectivity index (χ0v) is 10.8. The Balaban J connectivity index is 1.80. The van der Waals surface area contributed by atoms with E-state index in [1.807, 2.05) is 0 Å². The number of hydrogen-bond acceptors (Lipinski definition) is 5. The molecule has 0 radical (unpaired) electrons. The van der Waals surface area contributed by atoms with E-state index < -0.39 is 24.4 Å². The van der Waals surface area contributed by atoms with Crippen LogP contribution in [0.25, 0.3) is 0 Å². The third-order valence-electron chi connectivity index (χ3n) is 3.34. The zero-order chi connectivity index (χ0) is 14.0. The third-order valence-corrected chi connectivity index (χ3v) is 3.34. The van der Waals surface area contributed by atoms with Crippen molar-refractivity contribution < 1.29 is 24.5 Å². The smallest absolute Gasteiger partial charge is 0.222 e. The van der Waals surface area contributed by atoms with Gasteiger partial charge in [0.05, 0.1) is 12.5 Å². The average Bonchev–Trinajstić information content (AvgIpc) is 3.10. The van der Waals surface area contributed by atoms with Crippen molar-refractivity contribution in [2.75, 3.05) is 6.54 Å². The Hall–Kier alpha value is -1.18. The van der Waals surface area contributed by atoms with Crippen molar-refractivity contribution in [3.05, 3.63) is 0 Å². The molecule has 0 aromatic heterocycles. The fourth-order valence-corrected chi connectivity index (χ4v) is 2.10. The van der Waals surface area contributed by atoms with Crippen molar-refractivity contribution in [1.82, 2.24) is 10.6 Å². The molecule has 7 heteroatoms. The van der Waals surface area contributed by atoms with Crippen LogP contribution in [-0.2, 0) is 14.3 Å². The number of rotatable bonds is 5. The summed E-state index contributed by atoms with van der Waals surface area (Å²) in [6.07, 6.45) is -1.61. The number of nitrogens with one attached hydrogen (secondary N) is 2. The topological polar surface area (TPSA) is 108 Å². The molecule has 0 bridgehead atoms. The van der Waals surface area contributed by atoms with Crippen LogP contribution in [0.1, 0.15) is 26.2 Å². The lowest BCUT2D eigenvalue weighted by atomic mass is 10.1. The quantitative estimate of drug-likeness (QED) is 0.476. The van der Waals surface area contributed by atoms with E-state index in [0.29, 0.717) is 0 Å². The minimum Gasteiger partial charge on any atom is -0.388 e. The van der Waals surface area contributed by atoms with Gasteiger partial charge < -0.3 is 25.6 Å². The predicted molar refractivity (Wildman–Crippen MR) is 65.1 cm³/mol. The van der Waals surface area contributed by atoms with Gasteiger partial charge in [0.1, 0.15) is 18.3 Å². The van der Waals surface area contributed by atoms with Crippen LogP contribution in [0.4, 0.5) is 0 Å². The number of aliphatic hydroxyl groups excluding tert-OH is 2. The molecule has 4 N–H and O–H groups in total. The van der Waals surface area contributed by atoms with Crippen molar-refractivity contribution in [1.29, 1.82) is 0 Å². The van der Waals surface area contributed by atoms with E-state index >= 15 is 0 Å². The first-order chi connectivity index (χ1) is 8.97. The highest BCUT2D eigenvalue weighted by molar-refractivity contribution is 5.77. The van der Waals surface area contributed by atoms with Crippen molar-refractivity contribution in [3.63, 3.8) is 0 Å². The molecule has 108 valence electrons. The first-order valence-corrected chi connectivity index (χ1v) is 6.52. The van der Waals surface area contributed by atoms with Crippen LogP contribution in [0, 0.1) is 0 Å². The van der Waals surface area contributed by atoms with Gasteiger partial charge in [-0.05, 0) is 12.8 Å². The normalized spacial score (nSPS) is 34.1. The van der Waals surface area contributed by atoms with Gasteiger partial charge in [-0.1, -0.05) is 0 Å². The molecule has 2 aliphatic rings. The van der Waals surface area contributed by atoms with E-state index in [9.17, 15) is 19.8 Å². The van der Waals surface area contributed by atoms with Crippen LogP contribution in [0.5, 0.6) is 0 Å². The lowest BCUT2D eigenvalue weighted by Gasteiger charge is -2.14. The van der Waals surface area contributed by atoms with Crippen molar-refractivity contribution in [3.8, 4) is 0 Å². The molecular weight excluding hydrogens is 252 g/mol. The molecule has 4 atom stereocenters. The van der Waals surface area contributed by atoms with Crippen molar-refractivity contribution >= 4 is 11.8 Å². The Morgan fingerprint density at radius 1 is 1.21 bits per heavy atom. The molecule has 1 saturated carbocycles. The van der Waals surface area contributed by atoms with Gasteiger partial charge in [0.25, 0.3) is 0 Å². The Morgan fingerprint density at radius 2 is 1.84 bits per heavy atom. The number of aliphatic hydroxyl groups is 2. The van der Waals surface area contributed by atoms with Gasteiger partial charge in [0.15, 0.2) is 0 Å². The van der Waals surface area contributed by atoms with Crippen molar-refractivity contribution in [2.24, 2.45) is 0 Å². The lowest BCUT2D eigenvalue weighted by Crippen LogP contribution is -2.39. The van der Waals surface area contributed by atoms with Crippen LogP contribution in [0.2, 0.25) is 0 Å². The van der Waals surface area contributed by atoms with Crippen LogP contribution in [0.15, 0.2) is 0 Å². The average molecular weight is 272 g/mol. The van der Waals surface area contributed by atoms with Crippen LogP contribution < -0.4 is 10.6 Å². The predicted octanol–water partition coefficient (Wildman–Crippen LogP) is -1.72. The summed E-state index contributed by atoms with van der Waals surface area (Å²) < 4.78 is 5.43. The Kier molecular flexibility index (Phi) is 4.38. The third kappa shape index (κ3) is 3.89. The minimum atomic E-state index is -1.11. The maximum Gasteiger partial charge on any atom is 0.222 e. The molecular formula is C12H20N2O5. The maximum absolute atomic E-state index is 11.6. The monoisotopic (exact) mass is 272 g/mol. The van der Waals surface area contributed by atoms with Gasteiger partial charge in [0.2, 0.25) is 11.8 Å². The van der Waals surface area contributed by atoms with Gasteiger partial charge in [-0.15, -0.1) is 0 Å². The summed E-state index contributed by atoms with van der Waals surface area (Å²) in [6.45, 7) is 1.48. The number of amides is 2. The number of carbonyl (C=O) groups excluding carboxylic acids is 2. The molecule has 4 unspecified atom stereocenters. The number of carbonyl (C=O) groups is 2. The molecule has 7 nitrogen and oxygen atoms in total. The van der Waals surface area contributed by atoms with Gasteiger partial charge in [-0.3, -0.25) is 9.59 Å². The molecule has 1 saturated heterocycles. The van der Waals surface area contributed by atoms with E-state index in [0.717, 1.165) is 12.8 Å². The largest absolute Gasteiger partial charge is 0.388 e. The molecule has 2 fully saturated rings. The molecule has 1 heterocycles. The van der Waals surface area contributed by atoms with Gasteiger partial charge in [-0.25, -0.2) is 0 Å². The summed E-state index contributed by atoms with van der Waals surface area (Å²) in [5.41, 5.74) is 0. The molecule has 0 aromatic rings. The van der Waals surface area contributed by atoms with E-state index in [-0.39, 0.29) is 30.8 Å². The summed E-state index contributed by atoms with van der Waals surface area (Å²) in [5, 5.41) is 24.9. The van der Waals surface area contributed by atoms with Gasteiger partial charge in [0, 0.05) is 19.5 Å². The Labute approximate surface area is 111 Å². The molecule has 19 heavy (non-hydrogen) atoms. The van der Waals surface area contributed by atoms with Crippen LogP contribution in [0.3, 0.4) is 0 Å². The standard InChI is InChI=1S/C12H20N2O5/c1-6(15)13-5-9-12(18)11(17)8(19-9)4-10(16)14-7-2-3-7/h7-9,11-12,17-18H,2-5H2,1H3,(H,13,15)(H,14,16). The molecule has 2 amide bonds. The number of hydrogen-bond donors (Lipinski definition) is 4. The van der Waals surface area contributed by atoms with Crippen LogP contribution in [-0.4, -0.2) is 59.0 Å². The second-order valence-corrected chi connectivity index (χ2v) is 5.18. The summed E-state index contributed by atoms with van der Waals surface area (Å²) in [6, 6.07) is 0.256. The fraction of sp³-hybridized carbons (Fsp3) is 0.833. The maximum atomic E-state index is 11.6. The first-order valence-electron chi connectivity index (χ1n) is 6.52. The summed E-state index contributed by atoms with van der Waals surface area (Å²) in [7, 11) is 0. The number of ether oxygens (including phenoxy) is 1. The molecule has 1 aliphatic carbocycles. The highest BCUT2D eigenvalue weighted by Gasteiger charge is 2.43. The first kappa shape index (κ1) is 14.2. The van der Waals surface area contributed by atoms with Gasteiger partial charge >= 0.3 is 0 Å². The Morgan fingerprint density at radius 3 is 2.42 bits per heavy atom. The SMILES string of the molecule is CC(=O)NCC1OC(CC(=O)NC2CC2)C(O)C1O. The molecule has 1 aliphatic heterocycles. The summed E-state index contributed by atoms with van der Waals surface area (Å²) >= 11 is 0. The fourth-order valence-electron chi connectivity index (χ4n) is 2.10. The van der Waals surface area contributed by atoms with Gasteiger partial charge in [-0.2, -0.15) is 0 Å². The highest BCUT2D eigenvalue weighted by Crippen LogP contribution is 2.24.